The molecule has 1 aliphatic heterocycles. The molecule has 122 valence electrons. The van der Waals surface area contributed by atoms with Gasteiger partial charge in [0.25, 0.3) is 0 Å². The van der Waals surface area contributed by atoms with Gasteiger partial charge in [-0.3, -0.25) is 4.79 Å². The van der Waals surface area contributed by atoms with Crippen LogP contribution in [0, 0.1) is 5.92 Å². The predicted molar refractivity (Wildman–Crippen MR) is 96.9 cm³/mol. The first-order valence-corrected chi connectivity index (χ1v) is 8.90. The Morgan fingerprint density at radius 1 is 1.35 bits per heavy atom. The second kappa shape index (κ2) is 6.91. The van der Waals surface area contributed by atoms with Gasteiger partial charge >= 0.3 is 0 Å². The van der Waals surface area contributed by atoms with Gasteiger partial charge in [0.15, 0.2) is 0 Å². The van der Waals surface area contributed by atoms with Gasteiger partial charge in [0.2, 0.25) is 5.91 Å². The fourth-order valence-electron chi connectivity index (χ4n) is 3.40. The monoisotopic (exact) mass is 375 g/mol. The fourth-order valence-corrected chi connectivity index (χ4v) is 3.78. The van der Waals surface area contributed by atoms with E-state index in [0.717, 1.165) is 46.1 Å². The van der Waals surface area contributed by atoms with Crippen LogP contribution >= 0.6 is 15.9 Å². The van der Waals surface area contributed by atoms with Crippen molar-refractivity contribution < 1.29 is 9.53 Å². The van der Waals surface area contributed by atoms with Crippen molar-refractivity contribution in [3.8, 4) is 5.75 Å². The average Bonchev–Trinajstić information content (AvgIpc) is 2.54. The summed E-state index contributed by atoms with van der Waals surface area (Å²) in [7, 11) is 1.66. The van der Waals surface area contributed by atoms with E-state index in [9.17, 15) is 4.79 Å². The minimum Gasteiger partial charge on any atom is -0.496 e. The zero-order chi connectivity index (χ0) is 16.4. The normalized spacial score (nSPS) is 18.2. The standard InChI is InChI=1S/C19H22BrNO2/c1-13-4-3-9-21(12-13)19(22)11-17-16-7-6-15(20)10-14(16)5-8-18(17)23-2/h5-8,10,13H,3-4,9,11-12H2,1-2H3. The minimum atomic E-state index is 0.199. The van der Waals surface area contributed by atoms with Crippen molar-refractivity contribution in [1.82, 2.24) is 4.90 Å². The molecule has 1 saturated heterocycles. The van der Waals surface area contributed by atoms with Crippen molar-refractivity contribution in [2.75, 3.05) is 20.2 Å². The Morgan fingerprint density at radius 2 is 2.17 bits per heavy atom. The Morgan fingerprint density at radius 3 is 2.91 bits per heavy atom. The molecule has 0 saturated carbocycles. The second-order valence-corrected chi connectivity index (χ2v) is 7.29. The smallest absolute Gasteiger partial charge is 0.227 e. The molecule has 1 atom stereocenters. The van der Waals surface area contributed by atoms with Crippen LogP contribution in [0.25, 0.3) is 10.8 Å². The Balaban J connectivity index is 1.93. The van der Waals surface area contributed by atoms with Crippen LogP contribution in [0.4, 0.5) is 0 Å². The van der Waals surface area contributed by atoms with Gasteiger partial charge in [-0.15, -0.1) is 0 Å². The van der Waals surface area contributed by atoms with Gasteiger partial charge in [0.1, 0.15) is 5.75 Å². The number of methoxy groups -OCH3 is 1. The quantitative estimate of drug-likeness (QED) is 0.794. The highest BCUT2D eigenvalue weighted by atomic mass is 79.9. The number of hydrogen-bond acceptors (Lipinski definition) is 2. The van der Waals surface area contributed by atoms with Gasteiger partial charge in [-0.2, -0.15) is 0 Å². The third kappa shape index (κ3) is 3.52. The molecule has 0 aromatic heterocycles. The number of carbonyl (C=O) groups is 1. The summed E-state index contributed by atoms with van der Waals surface area (Å²) >= 11 is 3.51. The van der Waals surface area contributed by atoms with E-state index in [0.29, 0.717) is 12.3 Å². The molecule has 2 aromatic rings. The topological polar surface area (TPSA) is 29.5 Å². The molecule has 1 unspecified atom stereocenters. The summed E-state index contributed by atoms with van der Waals surface area (Å²) in [6.45, 7) is 3.97. The Bertz CT molecular complexity index is 729. The Labute approximate surface area is 145 Å². The van der Waals surface area contributed by atoms with Crippen molar-refractivity contribution in [3.63, 3.8) is 0 Å². The largest absolute Gasteiger partial charge is 0.496 e. The number of ether oxygens (including phenoxy) is 1. The predicted octanol–water partition coefficient (Wildman–Crippen LogP) is 4.41. The van der Waals surface area contributed by atoms with Gasteiger partial charge in [-0.05, 0) is 47.7 Å². The van der Waals surface area contributed by atoms with E-state index in [1.54, 1.807) is 7.11 Å². The summed E-state index contributed by atoms with van der Waals surface area (Å²) in [4.78, 5) is 14.8. The molecule has 0 bridgehead atoms. The SMILES string of the molecule is COc1ccc2cc(Br)ccc2c1CC(=O)N1CCCC(C)C1. The zero-order valence-electron chi connectivity index (χ0n) is 13.6. The van der Waals surface area contributed by atoms with E-state index in [1.165, 1.54) is 6.42 Å². The lowest BCUT2D eigenvalue weighted by molar-refractivity contribution is -0.132. The maximum atomic E-state index is 12.8. The lowest BCUT2D eigenvalue weighted by atomic mass is 9.97. The van der Waals surface area contributed by atoms with Crippen LogP contribution in [0.3, 0.4) is 0 Å². The van der Waals surface area contributed by atoms with E-state index in [-0.39, 0.29) is 5.91 Å². The number of hydrogen-bond donors (Lipinski definition) is 0. The molecular weight excluding hydrogens is 354 g/mol. The Hall–Kier alpha value is -1.55. The molecule has 1 aliphatic rings. The van der Waals surface area contributed by atoms with Crippen LogP contribution in [0.2, 0.25) is 0 Å². The molecule has 2 aromatic carbocycles. The molecule has 4 heteroatoms. The maximum Gasteiger partial charge on any atom is 0.227 e. The molecule has 3 nitrogen and oxygen atoms in total. The highest BCUT2D eigenvalue weighted by Gasteiger charge is 2.22. The van der Waals surface area contributed by atoms with Crippen LogP contribution in [0.1, 0.15) is 25.3 Å². The number of carbonyl (C=O) groups excluding carboxylic acids is 1. The van der Waals surface area contributed by atoms with Crippen LogP contribution in [0.5, 0.6) is 5.75 Å². The molecular formula is C19H22BrNO2. The van der Waals surface area contributed by atoms with Gasteiger partial charge in [0.05, 0.1) is 13.5 Å². The van der Waals surface area contributed by atoms with Gasteiger partial charge in [-0.25, -0.2) is 0 Å². The van der Waals surface area contributed by atoms with Gasteiger partial charge in [-0.1, -0.05) is 35.0 Å². The zero-order valence-corrected chi connectivity index (χ0v) is 15.2. The van der Waals surface area contributed by atoms with Crippen LogP contribution in [-0.2, 0) is 11.2 Å². The van der Waals surface area contributed by atoms with Crippen molar-refractivity contribution in [3.05, 3.63) is 40.4 Å². The maximum absolute atomic E-state index is 12.8. The molecule has 0 spiro atoms. The molecule has 0 N–H and O–H groups in total. The molecule has 3 rings (SSSR count). The lowest BCUT2D eigenvalue weighted by Crippen LogP contribution is -2.40. The van der Waals surface area contributed by atoms with Crippen molar-refractivity contribution >= 4 is 32.6 Å². The second-order valence-electron chi connectivity index (χ2n) is 6.38. The number of likely N-dealkylation sites (tertiary alicyclic amines) is 1. The highest BCUT2D eigenvalue weighted by Crippen LogP contribution is 2.31. The first kappa shape index (κ1) is 16.3. The van der Waals surface area contributed by atoms with Crippen molar-refractivity contribution in [2.24, 2.45) is 5.92 Å². The van der Waals surface area contributed by atoms with E-state index < -0.39 is 0 Å². The third-order valence-corrected chi connectivity index (χ3v) is 5.10. The molecule has 0 radical (unpaired) electrons. The lowest BCUT2D eigenvalue weighted by Gasteiger charge is -2.31. The highest BCUT2D eigenvalue weighted by molar-refractivity contribution is 9.10. The summed E-state index contributed by atoms with van der Waals surface area (Å²) in [5, 5.41) is 2.21. The summed E-state index contributed by atoms with van der Waals surface area (Å²) in [6.07, 6.45) is 2.72. The number of piperidine rings is 1. The van der Waals surface area contributed by atoms with Crippen molar-refractivity contribution in [1.29, 1.82) is 0 Å². The number of rotatable bonds is 3. The number of nitrogens with zero attached hydrogens (tertiary/aromatic N) is 1. The summed E-state index contributed by atoms with van der Waals surface area (Å²) in [5.74, 6) is 1.58. The number of amides is 1. The van der Waals surface area contributed by atoms with E-state index in [2.05, 4.69) is 35.0 Å². The molecule has 1 heterocycles. The molecule has 1 fully saturated rings. The van der Waals surface area contributed by atoms with E-state index >= 15 is 0 Å². The summed E-state index contributed by atoms with van der Waals surface area (Å²) in [5.41, 5.74) is 0.987. The molecule has 0 aliphatic carbocycles. The van der Waals surface area contributed by atoms with E-state index in [4.69, 9.17) is 4.74 Å². The van der Waals surface area contributed by atoms with Crippen molar-refractivity contribution in [2.45, 2.75) is 26.2 Å². The van der Waals surface area contributed by atoms with E-state index in [1.807, 2.05) is 23.1 Å². The molecule has 1 amide bonds. The number of fused-ring (bicyclic) bond motifs is 1. The number of halogens is 1. The fraction of sp³-hybridized carbons (Fsp3) is 0.421. The molecule has 23 heavy (non-hydrogen) atoms. The van der Waals surface area contributed by atoms with Gasteiger partial charge in [0, 0.05) is 23.1 Å². The van der Waals surface area contributed by atoms with Crippen LogP contribution in [0.15, 0.2) is 34.8 Å². The summed E-state index contributed by atoms with van der Waals surface area (Å²) < 4.78 is 6.55. The average molecular weight is 376 g/mol. The third-order valence-electron chi connectivity index (χ3n) is 4.61. The first-order chi connectivity index (χ1) is 11.1. The number of benzene rings is 2. The minimum absolute atomic E-state index is 0.199. The van der Waals surface area contributed by atoms with Gasteiger partial charge < -0.3 is 9.64 Å². The van der Waals surface area contributed by atoms with Crippen LogP contribution < -0.4 is 4.74 Å². The Kier molecular flexibility index (Phi) is 4.90. The van der Waals surface area contributed by atoms with Crippen LogP contribution in [-0.4, -0.2) is 31.0 Å². The summed E-state index contributed by atoms with van der Waals surface area (Å²) in [6, 6.07) is 10.1. The first-order valence-electron chi connectivity index (χ1n) is 8.11.